The van der Waals surface area contributed by atoms with Crippen LogP contribution in [0.2, 0.25) is 0 Å². The summed E-state index contributed by atoms with van der Waals surface area (Å²) in [6.45, 7) is 1.67. The number of hydrogen-bond acceptors (Lipinski definition) is 5. The Morgan fingerprint density at radius 2 is 1.74 bits per heavy atom. The molecule has 2 aromatic rings. The normalized spacial score (nSPS) is 14.4. The summed E-state index contributed by atoms with van der Waals surface area (Å²) in [5, 5.41) is 5.16. The molecule has 0 aliphatic carbocycles. The summed E-state index contributed by atoms with van der Waals surface area (Å²) >= 11 is 0. The largest absolute Gasteiger partial charge is 0.348 e. The van der Waals surface area contributed by atoms with Gasteiger partial charge in [0.2, 0.25) is 0 Å². The molecule has 1 aliphatic rings. The predicted molar refractivity (Wildman–Crippen MR) is 98.7 cm³/mol. The monoisotopic (exact) mass is 367 g/mol. The van der Waals surface area contributed by atoms with Gasteiger partial charge in [-0.1, -0.05) is 0 Å². The molecular formula is C19H21N5O3. The summed E-state index contributed by atoms with van der Waals surface area (Å²) in [6, 6.07) is 6.74. The van der Waals surface area contributed by atoms with Gasteiger partial charge in [0, 0.05) is 43.8 Å². The van der Waals surface area contributed by atoms with E-state index in [9.17, 15) is 14.4 Å². The maximum absolute atomic E-state index is 12.4. The number of hydrogen-bond donors (Lipinski definition) is 2. The molecule has 27 heavy (non-hydrogen) atoms. The Morgan fingerprint density at radius 1 is 1.00 bits per heavy atom. The Hall–Kier alpha value is -3.29. The first-order chi connectivity index (χ1) is 13.1. The molecule has 0 spiro atoms. The fourth-order valence-corrected chi connectivity index (χ4v) is 2.96. The number of amides is 3. The summed E-state index contributed by atoms with van der Waals surface area (Å²) < 4.78 is 0. The smallest absolute Gasteiger partial charge is 0.313 e. The van der Waals surface area contributed by atoms with Crippen LogP contribution in [0.15, 0.2) is 49.1 Å². The molecular weight excluding hydrogens is 346 g/mol. The van der Waals surface area contributed by atoms with Crippen LogP contribution in [0.5, 0.6) is 0 Å². The summed E-state index contributed by atoms with van der Waals surface area (Å²) in [5.74, 6) is -1.15. The Labute approximate surface area is 157 Å². The number of piperidine rings is 1. The van der Waals surface area contributed by atoms with E-state index in [-0.39, 0.29) is 11.8 Å². The quantitative estimate of drug-likeness (QED) is 0.787. The number of nitrogens with zero attached hydrogens (tertiary/aromatic N) is 3. The molecule has 1 fully saturated rings. The minimum atomic E-state index is -0.715. The first kappa shape index (κ1) is 18.5. The fourth-order valence-electron chi connectivity index (χ4n) is 2.96. The van der Waals surface area contributed by atoms with E-state index in [0.717, 1.165) is 12.8 Å². The maximum Gasteiger partial charge on any atom is 0.313 e. The van der Waals surface area contributed by atoms with E-state index in [0.29, 0.717) is 30.9 Å². The SMILES string of the molecule is O=C(NCC1CCN(C(=O)c2ccncc2)CC1)C(=O)Nc1cccnc1. The summed E-state index contributed by atoms with van der Waals surface area (Å²) in [7, 11) is 0. The Morgan fingerprint density at radius 3 is 2.41 bits per heavy atom. The third-order valence-electron chi connectivity index (χ3n) is 4.51. The van der Waals surface area contributed by atoms with Crippen molar-refractivity contribution < 1.29 is 14.4 Å². The molecule has 0 unspecified atom stereocenters. The second kappa shape index (κ2) is 8.88. The number of carbonyl (C=O) groups excluding carboxylic acids is 3. The number of carbonyl (C=O) groups is 3. The van der Waals surface area contributed by atoms with Gasteiger partial charge in [0.1, 0.15) is 0 Å². The van der Waals surface area contributed by atoms with Crippen LogP contribution in [-0.4, -0.2) is 52.2 Å². The van der Waals surface area contributed by atoms with Crippen molar-refractivity contribution in [2.75, 3.05) is 25.0 Å². The fraction of sp³-hybridized carbons (Fsp3) is 0.316. The second-order valence-corrected chi connectivity index (χ2v) is 6.38. The van der Waals surface area contributed by atoms with Crippen LogP contribution in [0.25, 0.3) is 0 Å². The van der Waals surface area contributed by atoms with E-state index in [2.05, 4.69) is 20.6 Å². The van der Waals surface area contributed by atoms with Gasteiger partial charge in [-0.25, -0.2) is 0 Å². The molecule has 3 amide bonds. The highest BCUT2D eigenvalue weighted by Gasteiger charge is 2.24. The van der Waals surface area contributed by atoms with E-state index in [1.54, 1.807) is 42.9 Å². The number of pyridine rings is 2. The number of aromatic nitrogens is 2. The molecule has 0 atom stereocenters. The molecule has 2 aromatic heterocycles. The summed E-state index contributed by atoms with van der Waals surface area (Å²) in [4.78, 5) is 45.8. The Balaban J connectivity index is 1.41. The molecule has 1 saturated heterocycles. The third kappa shape index (κ3) is 5.10. The van der Waals surface area contributed by atoms with E-state index in [1.807, 2.05) is 4.90 Å². The molecule has 140 valence electrons. The summed E-state index contributed by atoms with van der Waals surface area (Å²) in [6.07, 6.45) is 7.82. The molecule has 8 heteroatoms. The van der Waals surface area contributed by atoms with Gasteiger partial charge < -0.3 is 15.5 Å². The van der Waals surface area contributed by atoms with Crippen molar-refractivity contribution in [1.82, 2.24) is 20.2 Å². The van der Waals surface area contributed by atoms with Gasteiger partial charge in [0.15, 0.2) is 0 Å². The van der Waals surface area contributed by atoms with Gasteiger partial charge in [-0.05, 0) is 43.0 Å². The Bertz CT molecular complexity index is 790. The zero-order chi connectivity index (χ0) is 19.1. The van der Waals surface area contributed by atoms with E-state index >= 15 is 0 Å². The lowest BCUT2D eigenvalue weighted by molar-refractivity contribution is -0.136. The topological polar surface area (TPSA) is 104 Å². The molecule has 3 heterocycles. The highest BCUT2D eigenvalue weighted by molar-refractivity contribution is 6.39. The number of nitrogens with one attached hydrogen (secondary N) is 2. The highest BCUT2D eigenvalue weighted by Crippen LogP contribution is 2.18. The highest BCUT2D eigenvalue weighted by atomic mass is 16.2. The zero-order valence-electron chi connectivity index (χ0n) is 14.8. The van der Waals surface area contributed by atoms with Gasteiger partial charge in [0.05, 0.1) is 11.9 Å². The van der Waals surface area contributed by atoms with Crippen molar-refractivity contribution in [2.45, 2.75) is 12.8 Å². The van der Waals surface area contributed by atoms with Crippen LogP contribution in [0.3, 0.4) is 0 Å². The minimum Gasteiger partial charge on any atom is -0.348 e. The van der Waals surface area contributed by atoms with Crippen LogP contribution in [0.1, 0.15) is 23.2 Å². The van der Waals surface area contributed by atoms with E-state index < -0.39 is 11.8 Å². The lowest BCUT2D eigenvalue weighted by atomic mass is 9.96. The first-order valence-corrected chi connectivity index (χ1v) is 8.82. The van der Waals surface area contributed by atoms with Crippen LogP contribution < -0.4 is 10.6 Å². The van der Waals surface area contributed by atoms with Crippen LogP contribution >= 0.6 is 0 Å². The zero-order valence-corrected chi connectivity index (χ0v) is 14.8. The molecule has 2 N–H and O–H groups in total. The number of likely N-dealkylation sites (tertiary alicyclic amines) is 1. The van der Waals surface area contributed by atoms with Gasteiger partial charge in [0.25, 0.3) is 5.91 Å². The van der Waals surface area contributed by atoms with Gasteiger partial charge in [-0.3, -0.25) is 24.4 Å². The van der Waals surface area contributed by atoms with E-state index in [1.165, 1.54) is 6.20 Å². The lowest BCUT2D eigenvalue weighted by Crippen LogP contribution is -2.43. The molecule has 8 nitrogen and oxygen atoms in total. The average Bonchev–Trinajstić information content (AvgIpc) is 2.73. The van der Waals surface area contributed by atoms with Crippen molar-refractivity contribution in [1.29, 1.82) is 0 Å². The molecule has 3 rings (SSSR count). The van der Waals surface area contributed by atoms with Gasteiger partial charge in [-0.2, -0.15) is 0 Å². The molecule has 1 aliphatic heterocycles. The number of anilines is 1. The standard InChI is InChI=1S/C19H21N5O3/c25-17(18(26)23-16-2-1-7-21-13-16)22-12-14-5-10-24(11-6-14)19(27)15-3-8-20-9-4-15/h1-4,7-9,13-14H,5-6,10-12H2,(H,22,25)(H,23,26). The van der Waals surface area contributed by atoms with Crippen molar-refractivity contribution in [2.24, 2.45) is 5.92 Å². The van der Waals surface area contributed by atoms with Crippen molar-refractivity contribution in [3.63, 3.8) is 0 Å². The van der Waals surface area contributed by atoms with E-state index in [4.69, 9.17) is 0 Å². The second-order valence-electron chi connectivity index (χ2n) is 6.38. The molecule has 0 bridgehead atoms. The van der Waals surface area contributed by atoms with Gasteiger partial charge >= 0.3 is 11.8 Å². The molecule has 0 saturated carbocycles. The van der Waals surface area contributed by atoms with Crippen molar-refractivity contribution in [3.8, 4) is 0 Å². The van der Waals surface area contributed by atoms with Crippen LogP contribution in [0, 0.1) is 5.92 Å². The summed E-state index contributed by atoms with van der Waals surface area (Å²) in [5.41, 5.74) is 1.10. The third-order valence-corrected chi connectivity index (χ3v) is 4.51. The van der Waals surface area contributed by atoms with Crippen molar-refractivity contribution >= 4 is 23.4 Å². The Kier molecular flexibility index (Phi) is 6.09. The first-order valence-electron chi connectivity index (χ1n) is 8.82. The van der Waals surface area contributed by atoms with Crippen molar-refractivity contribution in [3.05, 3.63) is 54.6 Å². The predicted octanol–water partition coefficient (Wildman–Crippen LogP) is 1.08. The van der Waals surface area contributed by atoms with Crippen LogP contribution in [-0.2, 0) is 9.59 Å². The maximum atomic E-state index is 12.4. The molecule has 0 radical (unpaired) electrons. The minimum absolute atomic E-state index is 0.00395. The van der Waals surface area contributed by atoms with Crippen LogP contribution in [0.4, 0.5) is 5.69 Å². The number of rotatable bonds is 4. The van der Waals surface area contributed by atoms with Gasteiger partial charge in [-0.15, -0.1) is 0 Å². The molecule has 0 aromatic carbocycles. The average molecular weight is 367 g/mol. The lowest BCUT2D eigenvalue weighted by Gasteiger charge is -2.32.